The summed E-state index contributed by atoms with van der Waals surface area (Å²) in [5.41, 5.74) is -0.611. The predicted octanol–water partition coefficient (Wildman–Crippen LogP) is 1.75. The van der Waals surface area contributed by atoms with Crippen molar-refractivity contribution in [2.75, 3.05) is 0 Å². The van der Waals surface area contributed by atoms with Crippen LogP contribution in [0.3, 0.4) is 0 Å². The van der Waals surface area contributed by atoms with Crippen molar-refractivity contribution in [2.45, 2.75) is 26.2 Å². The maximum atomic E-state index is 12.1. The lowest BCUT2D eigenvalue weighted by Gasteiger charge is -2.22. The van der Waals surface area contributed by atoms with Crippen LogP contribution in [0.1, 0.15) is 26.2 Å². The molecule has 14 heavy (non-hydrogen) atoms. The van der Waals surface area contributed by atoms with E-state index in [0.717, 1.165) is 12.8 Å². The number of fused-ring (bicyclic) bond motifs is 3. The Morgan fingerprint density at radius 2 is 2.21 bits per heavy atom. The number of hydrogen-bond acceptors (Lipinski definition) is 2. The Labute approximate surface area is 83.4 Å². The van der Waals surface area contributed by atoms with E-state index < -0.39 is 5.41 Å². The SMILES string of the molecule is C[C@]12C(=O)CC[C@H]1[C@H]1CC=C[C@H]1C2=O. The molecule has 3 aliphatic rings. The van der Waals surface area contributed by atoms with E-state index >= 15 is 0 Å². The second kappa shape index (κ2) is 2.36. The Kier molecular flexibility index (Phi) is 1.41. The number of Topliss-reactive ketones (excluding diaryl/α,β-unsaturated/α-hetero) is 2. The van der Waals surface area contributed by atoms with Crippen LogP contribution >= 0.6 is 0 Å². The number of ketones is 2. The molecule has 0 unspecified atom stereocenters. The molecule has 0 spiro atoms. The fourth-order valence-electron chi connectivity index (χ4n) is 3.72. The molecule has 3 rings (SSSR count). The van der Waals surface area contributed by atoms with Crippen LogP contribution in [0, 0.1) is 23.2 Å². The minimum atomic E-state index is -0.611. The standard InChI is InChI=1S/C12H14O2/c1-12-9(5-6-10(12)13)7-3-2-4-8(7)11(12)14/h2,4,7-9H,3,5-6H2,1H3/t7-,8+,9-,12+/m0/s1. The largest absolute Gasteiger partial charge is 0.299 e. The molecule has 0 radical (unpaired) electrons. The van der Waals surface area contributed by atoms with Gasteiger partial charge >= 0.3 is 0 Å². The molecule has 2 saturated carbocycles. The zero-order chi connectivity index (χ0) is 9.92. The first-order chi connectivity index (χ1) is 6.65. The molecule has 0 N–H and O–H groups in total. The van der Waals surface area contributed by atoms with Crippen LogP contribution < -0.4 is 0 Å². The summed E-state index contributed by atoms with van der Waals surface area (Å²) in [6, 6.07) is 0. The van der Waals surface area contributed by atoms with Gasteiger partial charge in [0.1, 0.15) is 5.78 Å². The van der Waals surface area contributed by atoms with Crippen molar-refractivity contribution < 1.29 is 9.59 Å². The average Bonchev–Trinajstić information content (AvgIpc) is 2.76. The van der Waals surface area contributed by atoms with Crippen molar-refractivity contribution in [3.8, 4) is 0 Å². The van der Waals surface area contributed by atoms with Crippen molar-refractivity contribution in [2.24, 2.45) is 23.2 Å². The Hall–Kier alpha value is -0.920. The Morgan fingerprint density at radius 3 is 3.00 bits per heavy atom. The lowest BCUT2D eigenvalue weighted by Crippen LogP contribution is -2.33. The van der Waals surface area contributed by atoms with Crippen LogP contribution in [0.4, 0.5) is 0 Å². The van der Waals surface area contributed by atoms with Crippen LogP contribution in [0.5, 0.6) is 0 Å². The van der Waals surface area contributed by atoms with Gasteiger partial charge in [-0.1, -0.05) is 12.2 Å². The van der Waals surface area contributed by atoms with Crippen molar-refractivity contribution in [3.63, 3.8) is 0 Å². The number of rotatable bonds is 0. The van der Waals surface area contributed by atoms with E-state index in [1.807, 2.05) is 13.0 Å². The Morgan fingerprint density at radius 1 is 1.43 bits per heavy atom. The molecule has 74 valence electrons. The molecule has 0 aromatic heterocycles. The molecule has 2 heteroatoms. The summed E-state index contributed by atoms with van der Waals surface area (Å²) < 4.78 is 0. The fourth-order valence-corrected chi connectivity index (χ4v) is 3.72. The fraction of sp³-hybridized carbons (Fsp3) is 0.667. The van der Waals surface area contributed by atoms with E-state index in [9.17, 15) is 9.59 Å². The first-order valence-electron chi connectivity index (χ1n) is 5.40. The molecule has 0 aromatic rings. The highest BCUT2D eigenvalue weighted by molar-refractivity contribution is 6.11. The van der Waals surface area contributed by atoms with Gasteiger partial charge in [0.05, 0.1) is 5.41 Å². The van der Waals surface area contributed by atoms with Crippen molar-refractivity contribution in [1.82, 2.24) is 0 Å². The summed E-state index contributed by atoms with van der Waals surface area (Å²) in [4.78, 5) is 23.9. The maximum Gasteiger partial charge on any atom is 0.153 e. The predicted molar refractivity (Wildman–Crippen MR) is 51.6 cm³/mol. The maximum absolute atomic E-state index is 12.1. The van der Waals surface area contributed by atoms with Gasteiger partial charge in [-0.3, -0.25) is 9.59 Å². The van der Waals surface area contributed by atoms with E-state index in [2.05, 4.69) is 6.08 Å². The zero-order valence-electron chi connectivity index (χ0n) is 8.32. The Balaban J connectivity index is 2.10. The van der Waals surface area contributed by atoms with Crippen LogP contribution in [-0.2, 0) is 9.59 Å². The molecule has 4 atom stereocenters. The van der Waals surface area contributed by atoms with Gasteiger partial charge in [-0.2, -0.15) is 0 Å². The monoisotopic (exact) mass is 190 g/mol. The minimum Gasteiger partial charge on any atom is -0.299 e. The summed E-state index contributed by atoms with van der Waals surface area (Å²) in [5.74, 6) is 1.23. The molecule has 2 fully saturated rings. The third kappa shape index (κ3) is 0.701. The smallest absolute Gasteiger partial charge is 0.153 e. The lowest BCUT2D eigenvalue weighted by molar-refractivity contribution is -0.137. The third-order valence-corrected chi connectivity index (χ3v) is 4.55. The highest BCUT2D eigenvalue weighted by atomic mass is 16.2. The van der Waals surface area contributed by atoms with E-state index in [1.54, 1.807) is 0 Å². The molecule has 0 aliphatic heterocycles. The van der Waals surface area contributed by atoms with Crippen molar-refractivity contribution in [1.29, 1.82) is 0 Å². The van der Waals surface area contributed by atoms with Crippen molar-refractivity contribution in [3.05, 3.63) is 12.2 Å². The summed E-state index contributed by atoms with van der Waals surface area (Å²) >= 11 is 0. The molecule has 0 amide bonds. The number of allylic oxidation sites excluding steroid dienone is 2. The van der Waals surface area contributed by atoms with Gasteiger partial charge in [0, 0.05) is 12.3 Å². The van der Waals surface area contributed by atoms with Crippen molar-refractivity contribution >= 4 is 11.6 Å². The highest BCUT2D eigenvalue weighted by Crippen LogP contribution is 2.57. The quantitative estimate of drug-likeness (QED) is 0.431. The molecule has 0 heterocycles. The topological polar surface area (TPSA) is 34.1 Å². The first kappa shape index (κ1) is 8.39. The summed E-state index contributed by atoms with van der Waals surface area (Å²) in [6.45, 7) is 1.88. The van der Waals surface area contributed by atoms with Gasteiger partial charge in [0.15, 0.2) is 5.78 Å². The zero-order valence-corrected chi connectivity index (χ0v) is 8.32. The lowest BCUT2D eigenvalue weighted by atomic mass is 9.78. The van der Waals surface area contributed by atoms with Crippen LogP contribution in [0.2, 0.25) is 0 Å². The third-order valence-electron chi connectivity index (χ3n) is 4.55. The number of hydrogen-bond donors (Lipinski definition) is 0. The molecule has 0 saturated heterocycles. The minimum absolute atomic E-state index is 0.0641. The van der Waals surface area contributed by atoms with E-state index in [1.165, 1.54) is 0 Å². The molecule has 0 bridgehead atoms. The van der Waals surface area contributed by atoms with E-state index in [4.69, 9.17) is 0 Å². The number of carbonyl (C=O) groups excluding carboxylic acids is 2. The van der Waals surface area contributed by atoms with E-state index in [-0.39, 0.29) is 17.5 Å². The van der Waals surface area contributed by atoms with Gasteiger partial charge < -0.3 is 0 Å². The second-order valence-corrected chi connectivity index (χ2v) is 4.99. The molecule has 0 aromatic carbocycles. The molecule has 2 nitrogen and oxygen atoms in total. The number of carbonyl (C=O) groups is 2. The summed E-state index contributed by atoms with van der Waals surface area (Å²) in [5, 5.41) is 0. The van der Waals surface area contributed by atoms with Crippen LogP contribution in [0.15, 0.2) is 12.2 Å². The van der Waals surface area contributed by atoms with Gasteiger partial charge in [-0.25, -0.2) is 0 Å². The van der Waals surface area contributed by atoms with Gasteiger partial charge in [0.2, 0.25) is 0 Å². The van der Waals surface area contributed by atoms with Crippen LogP contribution in [-0.4, -0.2) is 11.6 Å². The van der Waals surface area contributed by atoms with Crippen LogP contribution in [0.25, 0.3) is 0 Å². The highest BCUT2D eigenvalue weighted by Gasteiger charge is 2.63. The molecular formula is C12H14O2. The van der Waals surface area contributed by atoms with E-state index in [0.29, 0.717) is 18.3 Å². The summed E-state index contributed by atoms with van der Waals surface area (Å²) in [7, 11) is 0. The molecular weight excluding hydrogens is 176 g/mol. The average molecular weight is 190 g/mol. The van der Waals surface area contributed by atoms with Gasteiger partial charge in [-0.15, -0.1) is 0 Å². The Bertz CT molecular complexity index is 355. The molecule has 3 aliphatic carbocycles. The normalized spacial score (nSPS) is 49.9. The summed E-state index contributed by atoms with van der Waals surface area (Å²) in [6.07, 6.45) is 6.68. The van der Waals surface area contributed by atoms with Gasteiger partial charge in [0.25, 0.3) is 0 Å². The van der Waals surface area contributed by atoms with Gasteiger partial charge in [-0.05, 0) is 31.6 Å². The second-order valence-electron chi connectivity index (χ2n) is 4.99. The first-order valence-corrected chi connectivity index (χ1v) is 5.40.